The average molecular weight is 339 g/mol. The molecule has 0 saturated carbocycles. The lowest BCUT2D eigenvalue weighted by atomic mass is 9.92. The quantitative estimate of drug-likeness (QED) is 0.813. The summed E-state index contributed by atoms with van der Waals surface area (Å²) in [6.45, 7) is 2.32. The van der Waals surface area contributed by atoms with Crippen molar-refractivity contribution in [1.82, 2.24) is 9.47 Å². The van der Waals surface area contributed by atoms with Crippen molar-refractivity contribution in [3.63, 3.8) is 0 Å². The van der Waals surface area contributed by atoms with E-state index in [9.17, 15) is 15.0 Å². The van der Waals surface area contributed by atoms with Gasteiger partial charge in [-0.25, -0.2) is 0 Å². The SMILES string of the molecule is CN(CC(C)(CO)CO)C(=O)CCn1ccc2cc(Cl)ccc21. The molecule has 5 nitrogen and oxygen atoms in total. The number of fused-ring (bicyclic) bond motifs is 1. The van der Waals surface area contributed by atoms with Crippen LogP contribution in [0.5, 0.6) is 0 Å². The van der Waals surface area contributed by atoms with E-state index in [0.717, 1.165) is 10.9 Å². The second-order valence-corrected chi connectivity index (χ2v) is 6.78. The molecule has 0 aliphatic rings. The van der Waals surface area contributed by atoms with Crippen LogP contribution >= 0.6 is 11.6 Å². The van der Waals surface area contributed by atoms with Gasteiger partial charge in [0.2, 0.25) is 5.91 Å². The Hall–Kier alpha value is -1.56. The Bertz CT molecular complexity index is 680. The third-order valence-electron chi connectivity index (χ3n) is 4.11. The standard InChI is InChI=1S/C17H23ClN2O3/c1-17(11-21,12-22)10-19(2)16(23)6-8-20-7-5-13-9-14(18)3-4-15(13)20/h3-5,7,9,21-22H,6,8,10-12H2,1-2H3. The first-order valence-corrected chi connectivity index (χ1v) is 7.96. The van der Waals surface area contributed by atoms with Gasteiger partial charge in [0.25, 0.3) is 0 Å². The zero-order valence-electron chi connectivity index (χ0n) is 13.5. The number of rotatable bonds is 7. The first kappa shape index (κ1) is 17.8. The molecule has 0 atom stereocenters. The monoisotopic (exact) mass is 338 g/mol. The van der Waals surface area contributed by atoms with E-state index in [-0.39, 0.29) is 19.1 Å². The van der Waals surface area contributed by atoms with E-state index in [2.05, 4.69) is 0 Å². The van der Waals surface area contributed by atoms with Crippen LogP contribution < -0.4 is 0 Å². The van der Waals surface area contributed by atoms with Gasteiger partial charge in [-0.3, -0.25) is 4.79 Å². The smallest absolute Gasteiger partial charge is 0.224 e. The predicted molar refractivity (Wildman–Crippen MR) is 91.5 cm³/mol. The third kappa shape index (κ3) is 4.25. The summed E-state index contributed by atoms with van der Waals surface area (Å²) in [5.74, 6) is -0.0195. The van der Waals surface area contributed by atoms with Gasteiger partial charge in [0.15, 0.2) is 0 Å². The molecule has 0 radical (unpaired) electrons. The molecule has 0 fully saturated rings. The van der Waals surface area contributed by atoms with Crippen molar-refractivity contribution in [3.8, 4) is 0 Å². The van der Waals surface area contributed by atoms with E-state index in [4.69, 9.17) is 11.6 Å². The lowest BCUT2D eigenvalue weighted by Crippen LogP contribution is -2.41. The highest BCUT2D eigenvalue weighted by atomic mass is 35.5. The molecule has 0 aliphatic carbocycles. The predicted octanol–water partition coefficient (Wildman–Crippen LogP) is 2.13. The van der Waals surface area contributed by atoms with Crippen LogP contribution in [0.3, 0.4) is 0 Å². The van der Waals surface area contributed by atoms with E-state index in [1.807, 2.05) is 35.0 Å². The van der Waals surface area contributed by atoms with Gasteiger partial charge in [0, 0.05) is 54.1 Å². The number of amides is 1. The average Bonchev–Trinajstić information content (AvgIpc) is 2.94. The molecule has 126 valence electrons. The zero-order valence-corrected chi connectivity index (χ0v) is 14.3. The molecule has 1 aromatic heterocycles. The number of aliphatic hydroxyl groups is 2. The Morgan fingerprint density at radius 3 is 2.65 bits per heavy atom. The van der Waals surface area contributed by atoms with Crippen LogP contribution in [0.4, 0.5) is 0 Å². The number of benzene rings is 1. The molecule has 6 heteroatoms. The van der Waals surface area contributed by atoms with Crippen molar-refractivity contribution >= 4 is 28.4 Å². The Kier molecular flexibility index (Phi) is 5.68. The van der Waals surface area contributed by atoms with Crippen LogP contribution in [-0.2, 0) is 11.3 Å². The molecule has 2 N–H and O–H groups in total. The minimum Gasteiger partial charge on any atom is -0.396 e. The number of hydrogen-bond acceptors (Lipinski definition) is 3. The fourth-order valence-electron chi connectivity index (χ4n) is 2.58. The number of aryl methyl sites for hydroxylation is 1. The summed E-state index contributed by atoms with van der Waals surface area (Å²) >= 11 is 5.98. The maximum Gasteiger partial charge on any atom is 0.224 e. The molecule has 0 saturated heterocycles. The van der Waals surface area contributed by atoms with Crippen LogP contribution in [0.15, 0.2) is 30.5 Å². The summed E-state index contributed by atoms with van der Waals surface area (Å²) in [6, 6.07) is 7.65. The van der Waals surface area contributed by atoms with E-state index in [0.29, 0.717) is 24.5 Å². The second-order valence-electron chi connectivity index (χ2n) is 6.34. The number of halogens is 1. The minimum absolute atomic E-state index is 0.0195. The number of nitrogens with zero attached hydrogens (tertiary/aromatic N) is 2. The maximum absolute atomic E-state index is 12.3. The topological polar surface area (TPSA) is 65.7 Å². The molecule has 1 aromatic carbocycles. The highest BCUT2D eigenvalue weighted by molar-refractivity contribution is 6.31. The molecular formula is C17H23ClN2O3. The first-order chi connectivity index (χ1) is 10.9. The molecule has 1 heterocycles. The molecule has 0 aliphatic heterocycles. The molecule has 0 unspecified atom stereocenters. The Balaban J connectivity index is 1.98. The molecule has 23 heavy (non-hydrogen) atoms. The van der Waals surface area contributed by atoms with E-state index >= 15 is 0 Å². The number of carbonyl (C=O) groups is 1. The van der Waals surface area contributed by atoms with Gasteiger partial charge >= 0.3 is 0 Å². The highest BCUT2D eigenvalue weighted by Crippen LogP contribution is 2.21. The van der Waals surface area contributed by atoms with Crippen molar-refractivity contribution in [2.24, 2.45) is 5.41 Å². The summed E-state index contributed by atoms with van der Waals surface area (Å²) in [6.07, 6.45) is 2.30. The lowest BCUT2D eigenvalue weighted by molar-refractivity contribution is -0.132. The summed E-state index contributed by atoms with van der Waals surface area (Å²) in [5, 5.41) is 20.4. The number of hydrogen-bond donors (Lipinski definition) is 2. The summed E-state index contributed by atoms with van der Waals surface area (Å²) in [4.78, 5) is 13.8. The molecule has 2 rings (SSSR count). The van der Waals surface area contributed by atoms with Gasteiger partial charge in [-0.2, -0.15) is 0 Å². The Labute approximate surface area is 141 Å². The second kappa shape index (κ2) is 7.34. The van der Waals surface area contributed by atoms with E-state index < -0.39 is 5.41 Å². The van der Waals surface area contributed by atoms with Gasteiger partial charge in [0.05, 0.1) is 13.2 Å². The van der Waals surface area contributed by atoms with Crippen LogP contribution in [0.25, 0.3) is 10.9 Å². The lowest BCUT2D eigenvalue weighted by Gasteiger charge is -2.30. The molecule has 2 aromatic rings. The molecular weight excluding hydrogens is 316 g/mol. The highest BCUT2D eigenvalue weighted by Gasteiger charge is 2.26. The van der Waals surface area contributed by atoms with Crippen LogP contribution in [0.1, 0.15) is 13.3 Å². The van der Waals surface area contributed by atoms with Gasteiger partial charge in [0.1, 0.15) is 0 Å². The Morgan fingerprint density at radius 1 is 1.30 bits per heavy atom. The van der Waals surface area contributed by atoms with Gasteiger partial charge in [-0.1, -0.05) is 18.5 Å². The third-order valence-corrected chi connectivity index (χ3v) is 4.34. The number of aromatic nitrogens is 1. The van der Waals surface area contributed by atoms with Gasteiger partial charge in [-0.05, 0) is 24.3 Å². The van der Waals surface area contributed by atoms with Crippen molar-refractivity contribution < 1.29 is 15.0 Å². The van der Waals surface area contributed by atoms with Crippen LogP contribution in [0, 0.1) is 5.41 Å². The Morgan fingerprint density at radius 2 is 2.00 bits per heavy atom. The van der Waals surface area contributed by atoms with Crippen molar-refractivity contribution in [1.29, 1.82) is 0 Å². The van der Waals surface area contributed by atoms with Crippen molar-refractivity contribution in [2.75, 3.05) is 26.8 Å². The van der Waals surface area contributed by atoms with E-state index in [1.165, 1.54) is 0 Å². The number of aliphatic hydroxyl groups excluding tert-OH is 2. The van der Waals surface area contributed by atoms with Gasteiger partial charge < -0.3 is 19.7 Å². The van der Waals surface area contributed by atoms with Gasteiger partial charge in [-0.15, -0.1) is 0 Å². The normalized spacial score (nSPS) is 11.9. The summed E-state index contributed by atoms with van der Waals surface area (Å²) in [7, 11) is 1.69. The molecule has 0 bridgehead atoms. The maximum atomic E-state index is 12.3. The van der Waals surface area contributed by atoms with Crippen LogP contribution in [-0.4, -0.2) is 52.4 Å². The summed E-state index contributed by atoms with van der Waals surface area (Å²) in [5.41, 5.74) is 0.363. The van der Waals surface area contributed by atoms with Crippen molar-refractivity contribution in [3.05, 3.63) is 35.5 Å². The number of carbonyl (C=O) groups excluding carboxylic acids is 1. The fraction of sp³-hybridized carbons (Fsp3) is 0.471. The largest absolute Gasteiger partial charge is 0.396 e. The fourth-order valence-corrected chi connectivity index (χ4v) is 2.76. The van der Waals surface area contributed by atoms with Crippen molar-refractivity contribution in [2.45, 2.75) is 19.9 Å². The molecule has 0 spiro atoms. The zero-order chi connectivity index (χ0) is 17.0. The molecule has 1 amide bonds. The van der Waals surface area contributed by atoms with E-state index in [1.54, 1.807) is 18.9 Å². The first-order valence-electron chi connectivity index (χ1n) is 7.58. The minimum atomic E-state index is -0.679. The summed E-state index contributed by atoms with van der Waals surface area (Å²) < 4.78 is 2.02. The van der Waals surface area contributed by atoms with Crippen LogP contribution in [0.2, 0.25) is 5.02 Å².